The van der Waals surface area contributed by atoms with Crippen LogP contribution in [0.1, 0.15) is 175 Å². The molecule has 112 heavy (non-hydrogen) atoms. The van der Waals surface area contributed by atoms with Crippen LogP contribution < -0.4 is 26.2 Å². The van der Waals surface area contributed by atoms with E-state index in [0.717, 1.165) is 78.6 Å². The highest BCUT2D eigenvalue weighted by atomic mass is 15.2. The Labute approximate surface area is 664 Å². The lowest BCUT2D eigenvalue weighted by Crippen LogP contribution is -2.61. The second-order valence-corrected chi connectivity index (χ2v) is 33.3. The highest BCUT2D eigenvalue weighted by Crippen LogP contribution is 2.58. The molecule has 0 radical (unpaired) electrons. The quantitative estimate of drug-likeness (QED) is 0.0839. The molecule has 0 unspecified atom stereocenters. The number of benzene rings is 15. The zero-order valence-corrected chi connectivity index (χ0v) is 66.7. The first-order chi connectivity index (χ1) is 54.6. The highest BCUT2D eigenvalue weighted by molar-refractivity contribution is 7.00. The fourth-order valence-electron chi connectivity index (χ4n) is 18.8. The molecule has 0 fully saturated rings. The van der Waals surface area contributed by atoms with E-state index in [1.54, 1.807) is 0 Å². The van der Waals surface area contributed by atoms with Crippen molar-refractivity contribution in [1.82, 2.24) is 0 Å². The molecule has 0 spiro atoms. The third kappa shape index (κ3) is 12.5. The van der Waals surface area contributed by atoms with E-state index in [1.165, 1.54) is 122 Å². The van der Waals surface area contributed by atoms with Crippen LogP contribution in [0.4, 0.5) is 34.1 Å². The van der Waals surface area contributed by atoms with Gasteiger partial charge in [0.15, 0.2) is 0 Å². The molecule has 0 N–H and O–H groups in total. The van der Waals surface area contributed by atoms with E-state index in [9.17, 15) is 0 Å². The molecule has 0 saturated carbocycles. The molecule has 0 bridgehead atoms. The summed E-state index contributed by atoms with van der Waals surface area (Å²) in [6.07, 6.45) is 0. The smallest absolute Gasteiger partial charge is 0.252 e. The number of para-hydroxylation sites is 2. The molecule has 0 atom stereocenters. The summed E-state index contributed by atoms with van der Waals surface area (Å²) in [6, 6.07) is 126. The molecule has 0 amide bonds. The first kappa shape index (κ1) is 71.6. The van der Waals surface area contributed by atoms with Gasteiger partial charge in [-0.15, -0.1) is 0 Å². The van der Waals surface area contributed by atoms with E-state index in [-0.39, 0.29) is 12.6 Å². The zero-order valence-electron chi connectivity index (χ0n) is 66.7. The Morgan fingerprint density at radius 3 is 0.821 bits per heavy atom. The van der Waals surface area contributed by atoms with Crippen molar-refractivity contribution in [2.75, 3.05) is 9.80 Å². The lowest BCUT2D eigenvalue weighted by Gasteiger charge is -2.46. The third-order valence-corrected chi connectivity index (χ3v) is 24.4. The van der Waals surface area contributed by atoms with Crippen molar-refractivity contribution in [3.63, 3.8) is 0 Å². The molecule has 0 saturated heterocycles. The summed E-state index contributed by atoms with van der Waals surface area (Å²) < 4.78 is 0. The molecule has 1 aliphatic carbocycles. The standard InChI is InChI=1S/C109H97BN2/c1-67(2)83-59-92(69(5)6)104(93(60-83)70(7)8)81-49-53-90-96(57-81)97-58-82(105-94(71(9)10)61-84(68(3)4)62-95(105)72(11)12)50-54-91(97)106(90)85-65-102-107-103(66-85)112(109-88(77-41-27-17-28-42-77)47-32-48-89(109)78-43-29-18-30-44-78)101-56-52-80(74-35-21-14-22-36-74)64-99(101)110(107)98-63-79(73-33-19-13-20-34-73)51-55-100(98)111(102)108-86(75-37-23-15-24-38-75)45-31-46-87(108)76-39-25-16-26-40-76/h13-72,106H,1-12H3. The van der Waals surface area contributed by atoms with E-state index in [0.29, 0.717) is 35.5 Å². The van der Waals surface area contributed by atoms with Gasteiger partial charge in [-0.05, 0) is 216 Å². The molecule has 3 aliphatic rings. The molecule has 18 rings (SSSR count). The van der Waals surface area contributed by atoms with Gasteiger partial charge in [-0.1, -0.05) is 374 Å². The Morgan fingerprint density at radius 1 is 0.232 bits per heavy atom. The number of anilines is 6. The van der Waals surface area contributed by atoms with Gasteiger partial charge in [0.2, 0.25) is 0 Å². The Bertz CT molecular complexity index is 5530. The topological polar surface area (TPSA) is 6.48 Å². The fourth-order valence-corrected chi connectivity index (χ4v) is 18.8. The summed E-state index contributed by atoms with van der Waals surface area (Å²) in [5, 5.41) is 0. The van der Waals surface area contributed by atoms with Gasteiger partial charge in [0.25, 0.3) is 6.71 Å². The van der Waals surface area contributed by atoms with Gasteiger partial charge in [0, 0.05) is 50.9 Å². The number of fused-ring (bicyclic) bond motifs is 7. The largest absolute Gasteiger partial charge is 0.310 e. The predicted octanol–water partition coefficient (Wildman–Crippen LogP) is 29.0. The SMILES string of the molecule is CC(C)c1cc(C(C)C)c(-c2ccc3c(c2)-c2cc(-c4c(C(C)C)cc(C(C)C)cc4C(C)C)ccc2C3c2cc3c4c(c2)N(c2c(-c5ccccc5)cccc2-c2ccccc2)c2ccc(-c5ccccc5)cc2B4c2cc(-c4ccccc4)ccc2N3c2c(-c3ccccc3)cccc2-c2ccccc2)c(C(C)C)c1. The molecule has 546 valence electrons. The van der Waals surface area contributed by atoms with Crippen LogP contribution in [0.2, 0.25) is 0 Å². The molecule has 3 heteroatoms. The molecule has 2 nitrogen and oxygen atoms in total. The summed E-state index contributed by atoms with van der Waals surface area (Å²) in [5.41, 5.74) is 44.8. The van der Waals surface area contributed by atoms with Gasteiger partial charge in [0.1, 0.15) is 0 Å². The van der Waals surface area contributed by atoms with Gasteiger partial charge in [-0.25, -0.2) is 0 Å². The maximum Gasteiger partial charge on any atom is 0.252 e. The molecule has 15 aromatic rings. The summed E-state index contributed by atoms with van der Waals surface area (Å²) in [7, 11) is 0. The van der Waals surface area contributed by atoms with Crippen LogP contribution in [0.15, 0.2) is 328 Å². The lowest BCUT2D eigenvalue weighted by atomic mass is 9.33. The van der Waals surface area contributed by atoms with Crippen LogP contribution in [0, 0.1) is 0 Å². The normalized spacial score (nSPS) is 12.9. The van der Waals surface area contributed by atoms with Crippen LogP contribution in [0.5, 0.6) is 0 Å². The Hall–Kier alpha value is -12.0. The average Bonchev–Trinajstić information content (AvgIpc) is 0.881. The number of hydrogen-bond donors (Lipinski definition) is 0. The molecule has 2 heterocycles. The number of nitrogens with zero attached hydrogens (tertiary/aromatic N) is 2. The monoisotopic (exact) mass is 1440 g/mol. The minimum absolute atomic E-state index is 0.202. The van der Waals surface area contributed by atoms with Gasteiger partial charge in [-0.3, -0.25) is 0 Å². The molecular weight excluding hydrogens is 1350 g/mol. The first-order valence-electron chi connectivity index (χ1n) is 40.9. The van der Waals surface area contributed by atoms with Crippen LogP contribution in [-0.4, -0.2) is 6.71 Å². The second kappa shape index (κ2) is 29.3. The number of hydrogen-bond acceptors (Lipinski definition) is 2. The first-order valence-corrected chi connectivity index (χ1v) is 40.9. The van der Waals surface area contributed by atoms with Crippen molar-refractivity contribution in [2.45, 2.75) is 125 Å². The van der Waals surface area contributed by atoms with Crippen LogP contribution >= 0.6 is 0 Å². The van der Waals surface area contributed by atoms with E-state index in [2.05, 4.69) is 420 Å². The average molecular weight is 1450 g/mol. The maximum absolute atomic E-state index is 2.73. The summed E-state index contributed by atoms with van der Waals surface area (Å²) >= 11 is 0. The molecule has 15 aromatic carbocycles. The van der Waals surface area contributed by atoms with Crippen molar-refractivity contribution < 1.29 is 0 Å². The minimum Gasteiger partial charge on any atom is -0.310 e. The third-order valence-electron chi connectivity index (χ3n) is 24.4. The summed E-state index contributed by atoms with van der Waals surface area (Å²) in [4.78, 5) is 5.46. The predicted molar refractivity (Wildman–Crippen MR) is 481 cm³/mol. The Morgan fingerprint density at radius 2 is 0.527 bits per heavy atom. The van der Waals surface area contributed by atoms with E-state index < -0.39 is 0 Å². The zero-order chi connectivity index (χ0) is 76.7. The van der Waals surface area contributed by atoms with Crippen LogP contribution in [-0.2, 0) is 0 Å². The van der Waals surface area contributed by atoms with Crippen molar-refractivity contribution >= 4 is 57.2 Å². The molecular formula is C109H97BN2. The minimum atomic E-state index is -0.245. The Kier molecular flexibility index (Phi) is 18.7. The second-order valence-electron chi connectivity index (χ2n) is 33.3. The molecule has 2 aliphatic heterocycles. The van der Waals surface area contributed by atoms with E-state index >= 15 is 0 Å². The van der Waals surface area contributed by atoms with Crippen LogP contribution in [0.25, 0.3) is 100 Å². The summed E-state index contributed by atoms with van der Waals surface area (Å²) in [5.74, 6) is 1.81. The van der Waals surface area contributed by atoms with Gasteiger partial charge in [-0.2, -0.15) is 0 Å². The lowest BCUT2D eigenvalue weighted by molar-refractivity contribution is 0.807. The van der Waals surface area contributed by atoms with Crippen molar-refractivity contribution in [1.29, 1.82) is 0 Å². The Balaban J connectivity index is 1.01. The van der Waals surface area contributed by atoms with Gasteiger partial charge < -0.3 is 9.80 Å². The van der Waals surface area contributed by atoms with Crippen molar-refractivity contribution in [3.8, 4) is 100 Å². The summed E-state index contributed by atoms with van der Waals surface area (Å²) in [6.45, 7) is 28.3. The van der Waals surface area contributed by atoms with Crippen LogP contribution in [0.3, 0.4) is 0 Å². The highest BCUT2D eigenvalue weighted by Gasteiger charge is 2.47. The van der Waals surface area contributed by atoms with Gasteiger partial charge in [0.05, 0.1) is 11.4 Å². The van der Waals surface area contributed by atoms with Gasteiger partial charge >= 0.3 is 0 Å². The maximum atomic E-state index is 2.73. The van der Waals surface area contributed by atoms with Crippen molar-refractivity contribution in [3.05, 3.63) is 378 Å². The molecule has 0 aromatic heterocycles. The number of rotatable bonds is 17. The fraction of sp³-hybridized carbons (Fsp3) is 0.174. The van der Waals surface area contributed by atoms with E-state index in [4.69, 9.17) is 0 Å². The van der Waals surface area contributed by atoms with Crippen molar-refractivity contribution in [2.24, 2.45) is 0 Å². The van der Waals surface area contributed by atoms with E-state index in [1.807, 2.05) is 0 Å².